The van der Waals surface area contributed by atoms with Crippen LogP contribution in [-0.4, -0.2) is 6.04 Å². The molecule has 0 radical (unpaired) electrons. The standard InChI is InChI=1S/C15H24FN/c1-3-5-10-14(8-4-2)17-12-13-9-6-7-11-15(13)16/h6-7,9,11,14,17H,3-5,8,10,12H2,1-2H3. The summed E-state index contributed by atoms with van der Waals surface area (Å²) in [5.74, 6) is -0.106. The number of benzene rings is 1. The van der Waals surface area contributed by atoms with E-state index < -0.39 is 0 Å². The van der Waals surface area contributed by atoms with Crippen LogP contribution in [0, 0.1) is 5.82 Å². The Bertz CT molecular complexity index is 312. The molecule has 1 nitrogen and oxygen atoms in total. The normalized spacial score (nSPS) is 12.6. The number of hydrogen-bond donors (Lipinski definition) is 1. The fraction of sp³-hybridized carbons (Fsp3) is 0.600. The first kappa shape index (κ1) is 14.2. The summed E-state index contributed by atoms with van der Waals surface area (Å²) in [4.78, 5) is 0. The molecule has 0 aliphatic rings. The molecule has 1 aromatic rings. The zero-order chi connectivity index (χ0) is 12.5. The van der Waals surface area contributed by atoms with E-state index in [1.165, 1.54) is 38.2 Å². The van der Waals surface area contributed by atoms with Gasteiger partial charge in [-0.25, -0.2) is 4.39 Å². The number of rotatable bonds is 8. The maximum absolute atomic E-state index is 13.4. The van der Waals surface area contributed by atoms with Crippen LogP contribution in [0.15, 0.2) is 24.3 Å². The number of hydrogen-bond acceptors (Lipinski definition) is 1. The van der Waals surface area contributed by atoms with E-state index >= 15 is 0 Å². The van der Waals surface area contributed by atoms with Gasteiger partial charge in [-0.1, -0.05) is 51.3 Å². The summed E-state index contributed by atoms with van der Waals surface area (Å²) in [7, 11) is 0. The summed E-state index contributed by atoms with van der Waals surface area (Å²) >= 11 is 0. The SMILES string of the molecule is CCCCC(CCC)NCc1ccccc1F. The highest BCUT2D eigenvalue weighted by Crippen LogP contribution is 2.10. The lowest BCUT2D eigenvalue weighted by Crippen LogP contribution is -2.28. The van der Waals surface area contributed by atoms with Crippen molar-refractivity contribution in [1.29, 1.82) is 0 Å². The van der Waals surface area contributed by atoms with Crippen molar-refractivity contribution in [3.63, 3.8) is 0 Å². The van der Waals surface area contributed by atoms with Gasteiger partial charge in [-0.15, -0.1) is 0 Å². The van der Waals surface area contributed by atoms with Crippen LogP contribution in [0.1, 0.15) is 51.5 Å². The van der Waals surface area contributed by atoms with Crippen LogP contribution >= 0.6 is 0 Å². The lowest BCUT2D eigenvalue weighted by atomic mass is 10.0. The third kappa shape index (κ3) is 5.31. The van der Waals surface area contributed by atoms with Gasteiger partial charge in [0.05, 0.1) is 0 Å². The molecule has 0 bridgehead atoms. The molecule has 0 spiro atoms. The van der Waals surface area contributed by atoms with Gasteiger partial charge in [0.1, 0.15) is 5.82 Å². The first-order valence-corrected chi connectivity index (χ1v) is 6.74. The zero-order valence-corrected chi connectivity index (χ0v) is 11.0. The summed E-state index contributed by atoms with van der Waals surface area (Å²) in [5, 5.41) is 3.47. The summed E-state index contributed by atoms with van der Waals surface area (Å²) in [6, 6.07) is 7.53. The van der Waals surface area contributed by atoms with Crippen LogP contribution in [0.25, 0.3) is 0 Å². The molecule has 96 valence electrons. The van der Waals surface area contributed by atoms with Gasteiger partial charge < -0.3 is 5.32 Å². The highest BCUT2D eigenvalue weighted by molar-refractivity contribution is 5.16. The Morgan fingerprint density at radius 1 is 1.12 bits per heavy atom. The van der Waals surface area contributed by atoms with Gasteiger partial charge in [-0.2, -0.15) is 0 Å². The molecule has 1 aromatic carbocycles. The third-order valence-electron chi connectivity index (χ3n) is 3.08. The van der Waals surface area contributed by atoms with E-state index in [1.807, 2.05) is 12.1 Å². The minimum atomic E-state index is -0.106. The Balaban J connectivity index is 2.42. The second-order valence-corrected chi connectivity index (χ2v) is 4.60. The maximum atomic E-state index is 13.4. The lowest BCUT2D eigenvalue weighted by molar-refractivity contribution is 0.429. The van der Waals surface area contributed by atoms with Crippen LogP contribution in [0.5, 0.6) is 0 Å². The van der Waals surface area contributed by atoms with E-state index in [9.17, 15) is 4.39 Å². The highest BCUT2D eigenvalue weighted by atomic mass is 19.1. The molecular formula is C15H24FN. The van der Waals surface area contributed by atoms with E-state index in [2.05, 4.69) is 19.2 Å². The molecule has 0 saturated carbocycles. The van der Waals surface area contributed by atoms with Crippen LogP contribution in [-0.2, 0) is 6.54 Å². The summed E-state index contributed by atoms with van der Waals surface area (Å²) in [6.07, 6.45) is 6.02. The van der Waals surface area contributed by atoms with Crippen LogP contribution in [0.2, 0.25) is 0 Å². The van der Waals surface area contributed by atoms with Crippen molar-refractivity contribution in [3.8, 4) is 0 Å². The second-order valence-electron chi connectivity index (χ2n) is 4.60. The molecule has 1 atom stereocenters. The molecule has 0 aliphatic carbocycles. The molecule has 0 heterocycles. The molecule has 1 unspecified atom stereocenters. The van der Waals surface area contributed by atoms with E-state index in [4.69, 9.17) is 0 Å². The summed E-state index contributed by atoms with van der Waals surface area (Å²) < 4.78 is 13.4. The smallest absolute Gasteiger partial charge is 0.127 e. The first-order chi connectivity index (χ1) is 8.27. The number of nitrogens with one attached hydrogen (secondary N) is 1. The Kier molecular flexibility index (Phi) is 6.87. The molecule has 17 heavy (non-hydrogen) atoms. The predicted octanol–water partition coefficient (Wildman–Crippen LogP) is 4.27. The Labute approximate surface area is 104 Å². The molecule has 0 aliphatic heterocycles. The molecule has 1 N–H and O–H groups in total. The average molecular weight is 237 g/mol. The van der Waals surface area contributed by atoms with Crippen molar-refractivity contribution in [1.82, 2.24) is 5.32 Å². The van der Waals surface area contributed by atoms with E-state index in [1.54, 1.807) is 6.07 Å². The van der Waals surface area contributed by atoms with Crippen LogP contribution < -0.4 is 5.32 Å². The Morgan fingerprint density at radius 3 is 2.53 bits per heavy atom. The predicted molar refractivity (Wildman–Crippen MR) is 71.5 cm³/mol. The largest absolute Gasteiger partial charge is 0.310 e. The second kappa shape index (κ2) is 8.24. The van der Waals surface area contributed by atoms with Gasteiger partial charge in [0.2, 0.25) is 0 Å². The van der Waals surface area contributed by atoms with E-state index in [0.29, 0.717) is 12.6 Å². The topological polar surface area (TPSA) is 12.0 Å². The van der Waals surface area contributed by atoms with Gasteiger partial charge >= 0.3 is 0 Å². The molecule has 1 rings (SSSR count). The van der Waals surface area contributed by atoms with Crippen molar-refractivity contribution < 1.29 is 4.39 Å². The molecule has 0 aromatic heterocycles. The lowest BCUT2D eigenvalue weighted by Gasteiger charge is -2.18. The molecular weight excluding hydrogens is 213 g/mol. The van der Waals surface area contributed by atoms with Crippen molar-refractivity contribution in [3.05, 3.63) is 35.6 Å². The zero-order valence-electron chi connectivity index (χ0n) is 11.0. The Morgan fingerprint density at radius 2 is 1.88 bits per heavy atom. The fourth-order valence-electron chi connectivity index (χ4n) is 2.04. The summed E-state index contributed by atoms with van der Waals surface area (Å²) in [6.45, 7) is 5.05. The first-order valence-electron chi connectivity index (χ1n) is 6.74. The number of unbranched alkanes of at least 4 members (excludes halogenated alkanes) is 1. The molecule has 2 heteroatoms. The molecule has 0 fully saturated rings. The molecule has 0 saturated heterocycles. The Hall–Kier alpha value is -0.890. The van der Waals surface area contributed by atoms with Gasteiger partial charge in [0.15, 0.2) is 0 Å². The quantitative estimate of drug-likeness (QED) is 0.711. The van der Waals surface area contributed by atoms with Gasteiger partial charge in [0.25, 0.3) is 0 Å². The van der Waals surface area contributed by atoms with Gasteiger partial charge in [-0.3, -0.25) is 0 Å². The van der Waals surface area contributed by atoms with Crippen molar-refractivity contribution in [2.24, 2.45) is 0 Å². The monoisotopic (exact) mass is 237 g/mol. The van der Waals surface area contributed by atoms with E-state index in [-0.39, 0.29) is 5.82 Å². The molecule has 0 amide bonds. The van der Waals surface area contributed by atoms with Crippen LogP contribution in [0.4, 0.5) is 4.39 Å². The van der Waals surface area contributed by atoms with Crippen molar-refractivity contribution in [2.75, 3.05) is 0 Å². The third-order valence-corrected chi connectivity index (χ3v) is 3.08. The van der Waals surface area contributed by atoms with Crippen molar-refractivity contribution in [2.45, 2.75) is 58.5 Å². The van der Waals surface area contributed by atoms with Crippen molar-refractivity contribution >= 4 is 0 Å². The van der Waals surface area contributed by atoms with Crippen LogP contribution in [0.3, 0.4) is 0 Å². The summed E-state index contributed by atoms with van der Waals surface area (Å²) in [5.41, 5.74) is 0.769. The minimum absolute atomic E-state index is 0.106. The van der Waals surface area contributed by atoms with Gasteiger partial charge in [-0.05, 0) is 18.9 Å². The average Bonchev–Trinajstić information content (AvgIpc) is 2.34. The number of halogens is 1. The highest BCUT2D eigenvalue weighted by Gasteiger charge is 2.07. The minimum Gasteiger partial charge on any atom is -0.310 e. The van der Waals surface area contributed by atoms with Gasteiger partial charge in [0, 0.05) is 18.2 Å². The maximum Gasteiger partial charge on any atom is 0.127 e. The fourth-order valence-corrected chi connectivity index (χ4v) is 2.04. The van der Waals surface area contributed by atoms with E-state index in [0.717, 1.165) is 5.56 Å².